The van der Waals surface area contributed by atoms with Gasteiger partial charge in [-0.05, 0) is 35.9 Å². The second-order valence-electron chi connectivity index (χ2n) is 4.97. The summed E-state index contributed by atoms with van der Waals surface area (Å²) in [5.41, 5.74) is 2.02. The Balaban J connectivity index is 1.97. The van der Waals surface area contributed by atoms with Gasteiger partial charge in [0.05, 0.1) is 17.8 Å². The van der Waals surface area contributed by atoms with Crippen molar-refractivity contribution in [1.82, 2.24) is 4.98 Å². The molecule has 0 unspecified atom stereocenters. The minimum Gasteiger partial charge on any atom is -0.506 e. The van der Waals surface area contributed by atoms with Gasteiger partial charge in [-0.1, -0.05) is 35.9 Å². The molecular formula is C18H14ClNO3. The number of nitrogens with zero attached hydrogens (tertiary/aromatic N) is 1. The second-order valence-corrected chi connectivity index (χ2v) is 5.38. The normalized spacial score (nSPS) is 11.2. The Morgan fingerprint density at radius 2 is 1.91 bits per heavy atom. The molecule has 0 aliphatic carbocycles. The zero-order valence-corrected chi connectivity index (χ0v) is 13.1. The minimum absolute atomic E-state index is 0.0833. The molecule has 4 nitrogen and oxygen atoms in total. The lowest BCUT2D eigenvalue weighted by molar-refractivity contribution is 0.373. The zero-order valence-electron chi connectivity index (χ0n) is 12.3. The summed E-state index contributed by atoms with van der Waals surface area (Å²) in [4.78, 5) is 4.42. The van der Waals surface area contributed by atoms with Crippen molar-refractivity contribution < 1.29 is 14.9 Å². The predicted molar refractivity (Wildman–Crippen MR) is 92.0 cm³/mol. The summed E-state index contributed by atoms with van der Waals surface area (Å²) in [5, 5.41) is 20.7. The summed E-state index contributed by atoms with van der Waals surface area (Å²) in [6.07, 6.45) is 3.61. The number of phenolic OH excluding ortho intramolecular Hbond substituents is 2. The lowest BCUT2D eigenvalue weighted by atomic mass is 10.1. The number of benzene rings is 2. The molecule has 0 bridgehead atoms. The molecule has 3 aromatic rings. The molecular weight excluding hydrogens is 314 g/mol. The van der Waals surface area contributed by atoms with Crippen molar-refractivity contribution in [2.75, 3.05) is 7.11 Å². The number of fused-ring (bicyclic) bond motifs is 1. The summed E-state index contributed by atoms with van der Waals surface area (Å²) in [5.74, 6) is 0.369. The Morgan fingerprint density at radius 3 is 2.70 bits per heavy atom. The van der Waals surface area contributed by atoms with E-state index in [1.165, 1.54) is 7.11 Å². The predicted octanol–water partition coefficient (Wildman–Crippen LogP) is 4.48. The summed E-state index contributed by atoms with van der Waals surface area (Å²) in [6.45, 7) is 0. The molecule has 1 heterocycles. The quantitative estimate of drug-likeness (QED) is 0.744. The van der Waals surface area contributed by atoms with Crippen LogP contribution in [0.15, 0.2) is 42.5 Å². The molecule has 0 fully saturated rings. The largest absolute Gasteiger partial charge is 0.506 e. The maximum Gasteiger partial charge on any atom is 0.176 e. The highest BCUT2D eigenvalue weighted by Crippen LogP contribution is 2.35. The number of rotatable bonds is 3. The van der Waals surface area contributed by atoms with Crippen LogP contribution in [0.5, 0.6) is 17.2 Å². The third kappa shape index (κ3) is 3.07. The topological polar surface area (TPSA) is 62.6 Å². The number of aromatic hydroxyl groups is 2. The van der Waals surface area contributed by atoms with E-state index in [0.717, 1.165) is 10.9 Å². The molecule has 0 aliphatic rings. The van der Waals surface area contributed by atoms with Crippen LogP contribution in [-0.4, -0.2) is 22.3 Å². The van der Waals surface area contributed by atoms with Gasteiger partial charge in [0.15, 0.2) is 11.5 Å². The van der Waals surface area contributed by atoms with Gasteiger partial charge in [0.2, 0.25) is 0 Å². The van der Waals surface area contributed by atoms with Crippen molar-refractivity contribution in [3.05, 3.63) is 58.7 Å². The van der Waals surface area contributed by atoms with Gasteiger partial charge in [-0.3, -0.25) is 0 Å². The molecule has 0 spiro atoms. The van der Waals surface area contributed by atoms with E-state index in [-0.39, 0.29) is 16.5 Å². The first-order chi connectivity index (χ1) is 11.1. The van der Waals surface area contributed by atoms with E-state index in [4.69, 9.17) is 16.3 Å². The lowest BCUT2D eigenvalue weighted by Gasteiger charge is -2.06. The molecule has 2 aromatic carbocycles. The molecule has 116 valence electrons. The van der Waals surface area contributed by atoms with Crippen LogP contribution in [0, 0.1) is 0 Å². The fourth-order valence-corrected chi connectivity index (χ4v) is 2.49. The zero-order chi connectivity index (χ0) is 16.4. The Kier molecular flexibility index (Phi) is 4.08. The molecule has 0 saturated carbocycles. The Hall–Kier alpha value is -2.72. The molecule has 0 radical (unpaired) electrons. The minimum atomic E-state index is -0.0833. The van der Waals surface area contributed by atoms with Crippen LogP contribution >= 0.6 is 11.6 Å². The van der Waals surface area contributed by atoms with Crippen molar-refractivity contribution in [2.24, 2.45) is 0 Å². The van der Waals surface area contributed by atoms with Crippen molar-refractivity contribution in [2.45, 2.75) is 0 Å². The van der Waals surface area contributed by atoms with Crippen LogP contribution in [0.4, 0.5) is 0 Å². The number of aromatic nitrogens is 1. The third-order valence-corrected chi connectivity index (χ3v) is 3.73. The molecule has 0 saturated heterocycles. The second kappa shape index (κ2) is 6.18. The number of methoxy groups -OCH3 is 1. The molecule has 2 N–H and O–H groups in total. The van der Waals surface area contributed by atoms with Crippen LogP contribution in [0.3, 0.4) is 0 Å². The van der Waals surface area contributed by atoms with E-state index in [9.17, 15) is 10.2 Å². The smallest absolute Gasteiger partial charge is 0.176 e. The Bertz CT molecular complexity index is 906. The molecule has 1 aromatic heterocycles. The SMILES string of the molecule is COc1cc(/C=C/c2ccc3cccc(O)c3n2)cc(Cl)c1O. The van der Waals surface area contributed by atoms with Gasteiger partial charge in [0.1, 0.15) is 11.3 Å². The van der Waals surface area contributed by atoms with E-state index >= 15 is 0 Å². The number of hydrogen-bond acceptors (Lipinski definition) is 4. The highest BCUT2D eigenvalue weighted by Gasteiger charge is 2.07. The first kappa shape index (κ1) is 15.2. The Labute approximate surface area is 138 Å². The summed E-state index contributed by atoms with van der Waals surface area (Å²) >= 11 is 5.97. The summed E-state index contributed by atoms with van der Waals surface area (Å²) in [6, 6.07) is 12.3. The van der Waals surface area contributed by atoms with E-state index in [1.54, 1.807) is 30.3 Å². The van der Waals surface area contributed by atoms with Crippen molar-refractivity contribution >= 4 is 34.7 Å². The average Bonchev–Trinajstić information content (AvgIpc) is 2.56. The molecule has 23 heavy (non-hydrogen) atoms. The van der Waals surface area contributed by atoms with Crippen LogP contribution in [-0.2, 0) is 0 Å². The van der Waals surface area contributed by atoms with E-state index in [0.29, 0.717) is 17.0 Å². The Morgan fingerprint density at radius 1 is 1.09 bits per heavy atom. The molecule has 3 rings (SSSR count). The van der Waals surface area contributed by atoms with E-state index in [1.807, 2.05) is 24.3 Å². The highest BCUT2D eigenvalue weighted by atomic mass is 35.5. The number of hydrogen-bond donors (Lipinski definition) is 2. The van der Waals surface area contributed by atoms with E-state index < -0.39 is 0 Å². The number of phenols is 2. The first-order valence-electron chi connectivity index (χ1n) is 6.92. The van der Waals surface area contributed by atoms with Crippen LogP contribution in [0.2, 0.25) is 5.02 Å². The van der Waals surface area contributed by atoms with Gasteiger partial charge in [-0.2, -0.15) is 0 Å². The monoisotopic (exact) mass is 327 g/mol. The lowest BCUT2D eigenvalue weighted by Crippen LogP contribution is -1.86. The van der Waals surface area contributed by atoms with E-state index in [2.05, 4.69) is 4.98 Å². The summed E-state index contributed by atoms with van der Waals surface area (Å²) < 4.78 is 5.07. The van der Waals surface area contributed by atoms with Gasteiger partial charge < -0.3 is 14.9 Å². The first-order valence-corrected chi connectivity index (χ1v) is 7.29. The van der Waals surface area contributed by atoms with Crippen molar-refractivity contribution in [3.63, 3.8) is 0 Å². The molecule has 0 aliphatic heterocycles. The fraction of sp³-hybridized carbons (Fsp3) is 0.0556. The highest BCUT2D eigenvalue weighted by molar-refractivity contribution is 6.32. The van der Waals surface area contributed by atoms with Gasteiger partial charge in [0.25, 0.3) is 0 Å². The van der Waals surface area contributed by atoms with Gasteiger partial charge in [-0.15, -0.1) is 0 Å². The third-order valence-electron chi connectivity index (χ3n) is 3.44. The van der Waals surface area contributed by atoms with Gasteiger partial charge in [-0.25, -0.2) is 4.98 Å². The molecule has 5 heteroatoms. The molecule has 0 amide bonds. The van der Waals surface area contributed by atoms with Crippen LogP contribution < -0.4 is 4.74 Å². The van der Waals surface area contributed by atoms with Crippen LogP contribution in [0.1, 0.15) is 11.3 Å². The number of ether oxygens (including phenoxy) is 1. The van der Waals surface area contributed by atoms with Crippen LogP contribution in [0.25, 0.3) is 23.1 Å². The number of halogens is 1. The van der Waals surface area contributed by atoms with Gasteiger partial charge >= 0.3 is 0 Å². The maximum atomic E-state index is 9.87. The standard InChI is InChI=1S/C18H14ClNO3/c1-23-16-10-11(9-14(19)18(16)22)5-7-13-8-6-12-3-2-4-15(21)17(12)20-13/h2-10,21-22H,1H3/b7-5+. The number of pyridine rings is 1. The average molecular weight is 328 g/mol. The van der Waals surface area contributed by atoms with Crippen molar-refractivity contribution in [3.8, 4) is 17.2 Å². The maximum absolute atomic E-state index is 9.87. The number of para-hydroxylation sites is 1. The molecule has 0 atom stereocenters. The van der Waals surface area contributed by atoms with Gasteiger partial charge in [0, 0.05) is 5.39 Å². The van der Waals surface area contributed by atoms with Crippen molar-refractivity contribution in [1.29, 1.82) is 0 Å². The summed E-state index contributed by atoms with van der Waals surface area (Å²) in [7, 11) is 1.46. The fourth-order valence-electron chi connectivity index (χ4n) is 2.27.